The van der Waals surface area contributed by atoms with Crippen LogP contribution in [0, 0.1) is 0 Å². The van der Waals surface area contributed by atoms with Crippen molar-refractivity contribution in [1.29, 1.82) is 0 Å². The molecule has 0 amide bonds. The van der Waals surface area contributed by atoms with Gasteiger partial charge in [0.05, 0.1) is 0 Å². The standard InChI is InChI=1S/C25H22N2O2/c1-19(28)29-18-20-12-14-23(15-13-20)25(24-26-16-17-27-24,21-8-4-2-5-9-21)22-10-6-3-7-11-22/h2-17H,18H2,1H3,(H,26,27). The first-order chi connectivity index (χ1) is 14.2. The van der Waals surface area contributed by atoms with Gasteiger partial charge in [0.1, 0.15) is 17.8 Å². The second kappa shape index (κ2) is 8.15. The molecule has 1 aromatic heterocycles. The van der Waals surface area contributed by atoms with E-state index in [1.165, 1.54) is 6.92 Å². The van der Waals surface area contributed by atoms with Gasteiger partial charge in [-0.1, -0.05) is 84.9 Å². The fourth-order valence-electron chi connectivity index (χ4n) is 3.79. The molecule has 29 heavy (non-hydrogen) atoms. The third-order valence-electron chi connectivity index (χ3n) is 5.10. The van der Waals surface area contributed by atoms with Gasteiger partial charge >= 0.3 is 5.97 Å². The third-order valence-corrected chi connectivity index (χ3v) is 5.10. The van der Waals surface area contributed by atoms with Gasteiger partial charge in [-0.05, 0) is 22.3 Å². The van der Waals surface area contributed by atoms with Gasteiger partial charge in [-0.15, -0.1) is 0 Å². The number of carbonyl (C=O) groups is 1. The molecule has 0 spiro atoms. The van der Waals surface area contributed by atoms with E-state index < -0.39 is 5.41 Å². The number of aromatic amines is 1. The van der Waals surface area contributed by atoms with Gasteiger partial charge in [-0.2, -0.15) is 0 Å². The van der Waals surface area contributed by atoms with Crippen LogP contribution in [0.1, 0.15) is 35.0 Å². The summed E-state index contributed by atoms with van der Waals surface area (Å²) in [5.74, 6) is 0.565. The van der Waals surface area contributed by atoms with Gasteiger partial charge in [0.2, 0.25) is 0 Å². The summed E-state index contributed by atoms with van der Waals surface area (Å²) in [5.41, 5.74) is 3.67. The summed E-state index contributed by atoms with van der Waals surface area (Å²) in [4.78, 5) is 19.2. The van der Waals surface area contributed by atoms with E-state index in [0.717, 1.165) is 28.1 Å². The molecule has 4 rings (SSSR count). The molecule has 4 nitrogen and oxygen atoms in total. The Morgan fingerprint density at radius 1 is 0.862 bits per heavy atom. The van der Waals surface area contributed by atoms with Gasteiger partial charge in [0.15, 0.2) is 0 Å². The lowest BCUT2D eigenvalue weighted by Crippen LogP contribution is -2.32. The maximum atomic E-state index is 11.1. The number of benzene rings is 3. The number of rotatable bonds is 6. The molecule has 1 heterocycles. The monoisotopic (exact) mass is 382 g/mol. The summed E-state index contributed by atoms with van der Waals surface area (Å²) >= 11 is 0. The number of hydrogen-bond acceptors (Lipinski definition) is 3. The van der Waals surface area contributed by atoms with Crippen LogP contribution in [0.5, 0.6) is 0 Å². The average Bonchev–Trinajstić information content (AvgIpc) is 3.30. The Morgan fingerprint density at radius 3 is 1.90 bits per heavy atom. The highest BCUT2D eigenvalue weighted by Crippen LogP contribution is 2.43. The zero-order valence-electron chi connectivity index (χ0n) is 16.2. The molecule has 0 unspecified atom stereocenters. The highest BCUT2D eigenvalue weighted by molar-refractivity contribution is 5.66. The number of nitrogens with zero attached hydrogens (tertiary/aromatic N) is 1. The van der Waals surface area contributed by atoms with Crippen LogP contribution in [0.4, 0.5) is 0 Å². The van der Waals surface area contributed by atoms with Crippen molar-refractivity contribution < 1.29 is 9.53 Å². The van der Waals surface area contributed by atoms with Gasteiger partial charge in [0, 0.05) is 19.3 Å². The summed E-state index contributed by atoms with van der Waals surface area (Å²) in [6, 6.07) is 28.9. The second-order valence-corrected chi connectivity index (χ2v) is 6.90. The summed E-state index contributed by atoms with van der Waals surface area (Å²) in [7, 11) is 0. The van der Waals surface area contributed by atoms with Crippen molar-refractivity contribution in [1.82, 2.24) is 9.97 Å². The zero-order valence-corrected chi connectivity index (χ0v) is 16.2. The van der Waals surface area contributed by atoms with Crippen molar-refractivity contribution in [2.45, 2.75) is 18.9 Å². The van der Waals surface area contributed by atoms with Crippen LogP contribution < -0.4 is 0 Å². The number of hydrogen-bond donors (Lipinski definition) is 1. The molecule has 144 valence electrons. The van der Waals surface area contributed by atoms with E-state index in [1.54, 1.807) is 6.20 Å². The van der Waals surface area contributed by atoms with Crippen molar-refractivity contribution in [2.24, 2.45) is 0 Å². The number of imidazole rings is 1. The van der Waals surface area contributed by atoms with Crippen molar-refractivity contribution in [3.05, 3.63) is 125 Å². The maximum Gasteiger partial charge on any atom is 0.302 e. The summed E-state index contributed by atoms with van der Waals surface area (Å²) < 4.78 is 5.14. The summed E-state index contributed by atoms with van der Waals surface area (Å²) in [6.07, 6.45) is 3.63. The molecule has 0 bridgehead atoms. The molecule has 0 aliphatic rings. The Bertz CT molecular complexity index is 1020. The van der Waals surface area contributed by atoms with Crippen LogP contribution in [-0.2, 0) is 21.6 Å². The SMILES string of the molecule is CC(=O)OCc1ccc(C(c2ccccc2)(c2ccccc2)c2ncc[nH]2)cc1. The number of H-pyrrole nitrogens is 1. The van der Waals surface area contributed by atoms with Crippen molar-refractivity contribution >= 4 is 5.97 Å². The van der Waals surface area contributed by atoms with E-state index in [-0.39, 0.29) is 12.6 Å². The third kappa shape index (κ3) is 3.57. The molecule has 4 aromatic rings. The highest BCUT2D eigenvalue weighted by Gasteiger charge is 2.40. The van der Waals surface area contributed by atoms with Gasteiger partial charge in [-0.25, -0.2) is 4.98 Å². The predicted octanol–water partition coefficient (Wildman–Crippen LogP) is 4.86. The molecule has 3 aromatic carbocycles. The average molecular weight is 382 g/mol. The van der Waals surface area contributed by atoms with Gasteiger partial charge in [-0.3, -0.25) is 4.79 Å². The van der Waals surface area contributed by atoms with Gasteiger partial charge in [0.25, 0.3) is 0 Å². The van der Waals surface area contributed by atoms with E-state index in [4.69, 9.17) is 4.74 Å². The van der Waals surface area contributed by atoms with E-state index in [0.29, 0.717) is 0 Å². The summed E-state index contributed by atoms with van der Waals surface area (Å²) in [5, 5.41) is 0. The number of nitrogens with one attached hydrogen (secondary N) is 1. The number of carbonyl (C=O) groups excluding carboxylic acids is 1. The Labute approximate surface area is 170 Å². The Balaban J connectivity index is 1.92. The smallest absolute Gasteiger partial charge is 0.302 e. The van der Waals surface area contributed by atoms with Crippen molar-refractivity contribution in [3.8, 4) is 0 Å². The lowest BCUT2D eigenvalue weighted by atomic mass is 9.68. The number of esters is 1. The quantitative estimate of drug-likeness (QED) is 0.383. The van der Waals surface area contributed by atoms with Crippen molar-refractivity contribution in [3.63, 3.8) is 0 Å². The first kappa shape index (κ1) is 18.7. The van der Waals surface area contributed by atoms with Crippen LogP contribution >= 0.6 is 0 Å². The topological polar surface area (TPSA) is 55.0 Å². The maximum absolute atomic E-state index is 11.1. The van der Waals surface area contributed by atoms with Gasteiger partial charge < -0.3 is 9.72 Å². The van der Waals surface area contributed by atoms with Crippen LogP contribution in [0.25, 0.3) is 0 Å². The molecule has 4 heteroatoms. The zero-order chi connectivity index (χ0) is 20.1. The fraction of sp³-hybridized carbons (Fsp3) is 0.120. The Morgan fingerprint density at radius 2 is 1.41 bits per heavy atom. The molecule has 0 atom stereocenters. The fourth-order valence-corrected chi connectivity index (χ4v) is 3.79. The second-order valence-electron chi connectivity index (χ2n) is 6.90. The first-order valence-corrected chi connectivity index (χ1v) is 9.55. The summed E-state index contributed by atoms with van der Waals surface area (Å²) in [6.45, 7) is 1.68. The Hall–Kier alpha value is -3.66. The molecule has 0 aliphatic carbocycles. The normalized spacial score (nSPS) is 11.2. The molecule has 1 N–H and O–H groups in total. The Kier molecular flexibility index (Phi) is 5.25. The minimum absolute atomic E-state index is 0.264. The minimum atomic E-state index is -0.591. The van der Waals surface area contributed by atoms with E-state index in [1.807, 2.05) is 54.7 Å². The minimum Gasteiger partial charge on any atom is -0.461 e. The molecule has 0 fully saturated rings. The highest BCUT2D eigenvalue weighted by atomic mass is 16.5. The molecule has 0 radical (unpaired) electrons. The number of ether oxygens (including phenoxy) is 1. The first-order valence-electron chi connectivity index (χ1n) is 9.55. The predicted molar refractivity (Wildman–Crippen MR) is 112 cm³/mol. The van der Waals surface area contributed by atoms with Crippen molar-refractivity contribution in [2.75, 3.05) is 0 Å². The lowest BCUT2D eigenvalue weighted by Gasteiger charge is -2.34. The van der Waals surface area contributed by atoms with Crippen LogP contribution in [-0.4, -0.2) is 15.9 Å². The van der Waals surface area contributed by atoms with E-state index >= 15 is 0 Å². The van der Waals surface area contributed by atoms with Crippen LogP contribution in [0.2, 0.25) is 0 Å². The largest absolute Gasteiger partial charge is 0.461 e. The number of aromatic nitrogens is 2. The molecular weight excluding hydrogens is 360 g/mol. The molecule has 0 saturated carbocycles. The van der Waals surface area contributed by atoms with E-state index in [9.17, 15) is 4.79 Å². The lowest BCUT2D eigenvalue weighted by molar-refractivity contribution is -0.142. The molecule has 0 saturated heterocycles. The molecular formula is C25H22N2O2. The van der Waals surface area contributed by atoms with Crippen LogP contribution in [0.3, 0.4) is 0 Å². The van der Waals surface area contributed by atoms with E-state index in [2.05, 4.69) is 46.4 Å². The van der Waals surface area contributed by atoms with Crippen LogP contribution in [0.15, 0.2) is 97.3 Å². The molecule has 0 aliphatic heterocycles.